The van der Waals surface area contributed by atoms with Crippen LogP contribution in [0.5, 0.6) is 0 Å². The third kappa shape index (κ3) is 2.37. The first-order valence-electron chi connectivity index (χ1n) is 9.11. The van der Waals surface area contributed by atoms with Crippen molar-refractivity contribution in [2.45, 2.75) is 62.3 Å². The van der Waals surface area contributed by atoms with Gasteiger partial charge in [-0.05, 0) is 88.8 Å². The van der Waals surface area contributed by atoms with Crippen LogP contribution in [0.15, 0.2) is 18.2 Å². The van der Waals surface area contributed by atoms with Gasteiger partial charge in [-0.2, -0.15) is 0 Å². The van der Waals surface area contributed by atoms with Crippen molar-refractivity contribution in [2.75, 3.05) is 0 Å². The molecule has 5 atom stereocenters. The van der Waals surface area contributed by atoms with Gasteiger partial charge < -0.3 is 10.2 Å². The van der Waals surface area contributed by atoms with Gasteiger partial charge in [-0.25, -0.2) is 4.79 Å². The summed E-state index contributed by atoms with van der Waals surface area (Å²) in [4.78, 5) is 11.3. The standard InChI is InChI=1S/C20H25BrO3/c1-19-9-2-3-17(19)16-6-4-12-11-13(20(21,24)18(22)23)5-7-14(12)15(16)8-10-19/h5,7,11,15-17,24H,2-4,6,8-10H2,1H3,(H,22,23)/t15-,16-,17+,19+,20?/m1/s1. The van der Waals surface area contributed by atoms with E-state index in [4.69, 9.17) is 0 Å². The van der Waals surface area contributed by atoms with Crippen molar-refractivity contribution in [2.24, 2.45) is 17.3 Å². The normalized spacial score (nSPS) is 37.0. The molecule has 0 aliphatic heterocycles. The smallest absolute Gasteiger partial charge is 0.351 e. The summed E-state index contributed by atoms with van der Waals surface area (Å²) in [6.45, 7) is 2.50. The van der Waals surface area contributed by atoms with E-state index in [2.05, 4.69) is 28.9 Å². The number of halogens is 1. The van der Waals surface area contributed by atoms with E-state index in [1.807, 2.05) is 6.07 Å². The van der Waals surface area contributed by atoms with Crippen molar-refractivity contribution in [3.8, 4) is 0 Å². The molecule has 0 heterocycles. The van der Waals surface area contributed by atoms with Crippen LogP contribution in [0, 0.1) is 17.3 Å². The number of aliphatic hydroxyl groups is 1. The fraction of sp³-hybridized carbons (Fsp3) is 0.650. The van der Waals surface area contributed by atoms with E-state index in [1.54, 1.807) is 6.07 Å². The van der Waals surface area contributed by atoms with Gasteiger partial charge in [0, 0.05) is 5.56 Å². The van der Waals surface area contributed by atoms with Crippen molar-refractivity contribution in [1.82, 2.24) is 0 Å². The maximum atomic E-state index is 11.3. The highest BCUT2D eigenvalue weighted by molar-refractivity contribution is 9.10. The van der Waals surface area contributed by atoms with Crippen molar-refractivity contribution in [3.05, 3.63) is 34.9 Å². The second-order valence-corrected chi connectivity index (χ2v) is 9.49. The van der Waals surface area contributed by atoms with Crippen LogP contribution in [0.2, 0.25) is 0 Å². The van der Waals surface area contributed by atoms with Crippen molar-refractivity contribution in [3.63, 3.8) is 0 Å². The summed E-state index contributed by atoms with van der Waals surface area (Å²) >= 11 is 2.95. The van der Waals surface area contributed by atoms with Crippen LogP contribution in [0.3, 0.4) is 0 Å². The molecule has 3 nitrogen and oxygen atoms in total. The molecule has 130 valence electrons. The summed E-state index contributed by atoms with van der Waals surface area (Å²) in [7, 11) is 0. The molecule has 0 amide bonds. The fourth-order valence-electron chi connectivity index (χ4n) is 5.90. The Bertz CT molecular complexity index is 683. The maximum absolute atomic E-state index is 11.3. The lowest BCUT2D eigenvalue weighted by molar-refractivity contribution is -0.149. The zero-order valence-electron chi connectivity index (χ0n) is 14.1. The van der Waals surface area contributed by atoms with Gasteiger partial charge in [-0.3, -0.25) is 0 Å². The van der Waals surface area contributed by atoms with Gasteiger partial charge >= 0.3 is 5.97 Å². The van der Waals surface area contributed by atoms with Gasteiger partial charge in [0.2, 0.25) is 4.51 Å². The minimum absolute atomic E-state index is 0.425. The van der Waals surface area contributed by atoms with Crippen molar-refractivity contribution >= 4 is 21.9 Å². The maximum Gasteiger partial charge on any atom is 0.351 e. The molecule has 0 spiro atoms. The average molecular weight is 393 g/mol. The summed E-state index contributed by atoms with van der Waals surface area (Å²) in [5.41, 5.74) is 3.61. The van der Waals surface area contributed by atoms with Crippen LogP contribution in [0.25, 0.3) is 0 Å². The molecule has 24 heavy (non-hydrogen) atoms. The quantitative estimate of drug-likeness (QED) is 0.725. The Balaban J connectivity index is 1.67. The number of rotatable bonds is 2. The second kappa shape index (κ2) is 5.57. The molecule has 3 aliphatic rings. The lowest BCUT2D eigenvalue weighted by Gasteiger charge is -2.49. The van der Waals surface area contributed by atoms with E-state index in [0.717, 1.165) is 18.3 Å². The molecule has 1 aromatic carbocycles. The van der Waals surface area contributed by atoms with E-state index >= 15 is 0 Å². The first-order chi connectivity index (χ1) is 11.3. The third-order valence-electron chi connectivity index (χ3n) is 7.17. The highest BCUT2D eigenvalue weighted by Gasteiger charge is 2.50. The Morgan fingerprint density at radius 1 is 1.29 bits per heavy atom. The van der Waals surface area contributed by atoms with E-state index < -0.39 is 10.5 Å². The molecule has 4 heteroatoms. The first kappa shape index (κ1) is 16.6. The lowest BCUT2D eigenvalue weighted by atomic mass is 9.56. The number of alkyl halides is 1. The number of fused-ring (bicyclic) bond motifs is 5. The average Bonchev–Trinajstić information content (AvgIpc) is 2.95. The monoisotopic (exact) mass is 392 g/mol. The highest BCUT2D eigenvalue weighted by atomic mass is 79.9. The number of carbonyl (C=O) groups is 1. The Morgan fingerprint density at radius 3 is 2.83 bits per heavy atom. The zero-order valence-corrected chi connectivity index (χ0v) is 15.7. The molecule has 0 bridgehead atoms. The van der Waals surface area contributed by atoms with Gasteiger partial charge in [0.1, 0.15) is 0 Å². The summed E-state index contributed by atoms with van der Waals surface area (Å²) in [5.74, 6) is 0.992. The Hall–Kier alpha value is -0.870. The fourth-order valence-corrected chi connectivity index (χ4v) is 6.15. The van der Waals surface area contributed by atoms with Crippen LogP contribution in [-0.2, 0) is 15.7 Å². The molecule has 4 rings (SSSR count). The van der Waals surface area contributed by atoms with Gasteiger partial charge in [-0.1, -0.05) is 31.5 Å². The molecule has 3 aliphatic carbocycles. The third-order valence-corrected chi connectivity index (χ3v) is 7.97. The number of hydrogen-bond acceptors (Lipinski definition) is 2. The van der Waals surface area contributed by atoms with Crippen molar-refractivity contribution < 1.29 is 15.0 Å². The van der Waals surface area contributed by atoms with Gasteiger partial charge in [0.25, 0.3) is 0 Å². The summed E-state index contributed by atoms with van der Waals surface area (Å²) < 4.78 is -1.99. The molecule has 0 aromatic heterocycles. The van der Waals surface area contributed by atoms with Crippen LogP contribution < -0.4 is 0 Å². The van der Waals surface area contributed by atoms with Crippen LogP contribution in [0.4, 0.5) is 0 Å². The van der Waals surface area contributed by atoms with Gasteiger partial charge in [0.05, 0.1) is 0 Å². The van der Waals surface area contributed by atoms with E-state index in [9.17, 15) is 15.0 Å². The topological polar surface area (TPSA) is 57.5 Å². The Kier molecular flexibility index (Phi) is 3.85. The molecule has 2 saturated carbocycles. The number of hydrogen-bond donors (Lipinski definition) is 2. The SMILES string of the molecule is C[C@@]12CCC[C@H]1[C@@H]1CCc3cc(C(O)(Br)C(=O)O)ccc3[C@H]1CC2. The minimum atomic E-state index is -1.99. The van der Waals surface area contributed by atoms with Crippen LogP contribution in [-0.4, -0.2) is 16.2 Å². The zero-order chi connectivity index (χ0) is 17.1. The van der Waals surface area contributed by atoms with Crippen molar-refractivity contribution in [1.29, 1.82) is 0 Å². The van der Waals surface area contributed by atoms with Crippen LogP contribution in [0.1, 0.15) is 68.1 Å². The Morgan fingerprint density at radius 2 is 2.08 bits per heavy atom. The predicted molar refractivity (Wildman–Crippen MR) is 96.1 cm³/mol. The predicted octanol–water partition coefficient (Wildman–Crippen LogP) is 4.56. The van der Waals surface area contributed by atoms with E-state index in [1.165, 1.54) is 49.7 Å². The molecule has 0 radical (unpaired) electrons. The molecule has 2 fully saturated rings. The number of carboxylic acid groups (broad SMARTS) is 1. The summed E-state index contributed by atoms with van der Waals surface area (Å²) in [6.07, 6.45) is 8.92. The van der Waals surface area contributed by atoms with Gasteiger partial charge in [-0.15, -0.1) is 0 Å². The lowest BCUT2D eigenvalue weighted by Crippen LogP contribution is -2.39. The highest BCUT2D eigenvalue weighted by Crippen LogP contribution is 2.60. The molecular weight excluding hydrogens is 368 g/mol. The molecular formula is C20H25BrO3. The molecule has 0 saturated heterocycles. The molecule has 1 unspecified atom stereocenters. The molecule has 1 aromatic rings. The van der Waals surface area contributed by atoms with Crippen LogP contribution >= 0.6 is 15.9 Å². The minimum Gasteiger partial charge on any atom is -0.478 e. The molecule has 2 N–H and O–H groups in total. The largest absolute Gasteiger partial charge is 0.478 e. The number of benzene rings is 1. The Labute approximate surface area is 151 Å². The number of carboxylic acids is 1. The summed E-state index contributed by atoms with van der Waals surface area (Å²) in [6, 6.07) is 5.76. The number of aliphatic carboxylic acids is 1. The van der Waals surface area contributed by atoms with E-state index in [-0.39, 0.29) is 0 Å². The summed E-state index contributed by atoms with van der Waals surface area (Å²) in [5, 5.41) is 19.4. The van der Waals surface area contributed by atoms with E-state index in [0.29, 0.717) is 16.9 Å². The second-order valence-electron chi connectivity index (χ2n) is 8.34. The first-order valence-corrected chi connectivity index (χ1v) is 9.90. The van der Waals surface area contributed by atoms with Gasteiger partial charge in [0.15, 0.2) is 0 Å². The number of aryl methyl sites for hydroxylation is 1.